The Morgan fingerprint density at radius 2 is 1.72 bits per heavy atom. The van der Waals surface area contributed by atoms with Gasteiger partial charge in [0.25, 0.3) is 11.1 Å². The highest BCUT2D eigenvalue weighted by Gasteiger charge is 2.36. The molecule has 0 atom stereocenters. The Labute approximate surface area is 170 Å². The summed E-state index contributed by atoms with van der Waals surface area (Å²) in [4.78, 5) is 49.0. The third kappa shape index (κ3) is 4.99. The van der Waals surface area contributed by atoms with Crippen molar-refractivity contribution in [3.05, 3.63) is 82.8 Å². The monoisotopic (exact) mass is 408 g/mol. The molecule has 1 heterocycles. The number of anilines is 1. The van der Waals surface area contributed by atoms with Crippen molar-refractivity contribution >= 4 is 46.5 Å². The number of nitrogens with one attached hydrogen (secondary N) is 1. The number of amides is 3. The predicted octanol–water partition coefficient (Wildman–Crippen LogP) is 3.62. The average Bonchev–Trinajstić information content (AvgIpc) is 2.96. The van der Waals surface area contributed by atoms with E-state index in [9.17, 15) is 19.2 Å². The summed E-state index contributed by atoms with van der Waals surface area (Å²) in [6, 6.07) is 15.3. The van der Waals surface area contributed by atoms with Crippen molar-refractivity contribution in [1.29, 1.82) is 0 Å². The van der Waals surface area contributed by atoms with E-state index in [2.05, 4.69) is 5.32 Å². The van der Waals surface area contributed by atoms with Crippen molar-refractivity contribution in [2.24, 2.45) is 0 Å². The molecule has 0 aliphatic carbocycles. The van der Waals surface area contributed by atoms with E-state index < -0.39 is 29.6 Å². The first-order valence-electron chi connectivity index (χ1n) is 8.55. The number of thioether (sulfide) groups is 1. The van der Waals surface area contributed by atoms with Crippen LogP contribution < -0.4 is 5.32 Å². The molecule has 1 aliphatic rings. The molecular formula is C21H16N2O5S. The van der Waals surface area contributed by atoms with Gasteiger partial charge < -0.3 is 10.4 Å². The number of benzene rings is 2. The van der Waals surface area contributed by atoms with Crippen molar-refractivity contribution in [3.63, 3.8) is 0 Å². The van der Waals surface area contributed by atoms with E-state index in [-0.39, 0.29) is 16.2 Å². The predicted molar refractivity (Wildman–Crippen MR) is 110 cm³/mol. The van der Waals surface area contributed by atoms with Gasteiger partial charge in [0.1, 0.15) is 6.54 Å². The van der Waals surface area contributed by atoms with Crippen molar-refractivity contribution < 1.29 is 24.3 Å². The van der Waals surface area contributed by atoms with Crippen LogP contribution in [0.15, 0.2) is 71.7 Å². The smallest absolute Gasteiger partial charge is 0.337 e. The molecule has 3 rings (SSSR count). The molecule has 2 aromatic rings. The normalized spacial score (nSPS) is 15.3. The zero-order valence-electron chi connectivity index (χ0n) is 15.1. The van der Waals surface area contributed by atoms with Gasteiger partial charge in [-0.1, -0.05) is 54.6 Å². The summed E-state index contributed by atoms with van der Waals surface area (Å²) in [6.45, 7) is -0.502. The lowest BCUT2D eigenvalue weighted by molar-refractivity contribution is -0.127. The van der Waals surface area contributed by atoms with Gasteiger partial charge in [0.05, 0.1) is 16.2 Å². The number of carbonyl (C=O) groups excluding carboxylic acids is 3. The molecule has 29 heavy (non-hydrogen) atoms. The SMILES string of the molecule is O=C(CN1C(=O)SC(=CC=Cc2ccccc2)C1=O)Nc1ccccc1C(=O)O. The first-order chi connectivity index (χ1) is 14.0. The van der Waals surface area contributed by atoms with Crippen LogP contribution in [0.3, 0.4) is 0 Å². The Balaban J connectivity index is 1.66. The second-order valence-electron chi connectivity index (χ2n) is 5.96. The third-order valence-corrected chi connectivity index (χ3v) is 4.87. The van der Waals surface area contributed by atoms with Gasteiger partial charge in [-0.3, -0.25) is 19.3 Å². The molecule has 146 valence electrons. The molecule has 2 aromatic carbocycles. The van der Waals surface area contributed by atoms with Crippen LogP contribution in [0.2, 0.25) is 0 Å². The molecule has 0 unspecified atom stereocenters. The van der Waals surface area contributed by atoms with Crippen LogP contribution >= 0.6 is 11.8 Å². The quantitative estimate of drug-likeness (QED) is 0.708. The maximum atomic E-state index is 12.4. The van der Waals surface area contributed by atoms with E-state index in [1.54, 1.807) is 18.2 Å². The molecule has 0 radical (unpaired) electrons. The number of rotatable bonds is 6. The van der Waals surface area contributed by atoms with Gasteiger partial charge in [0, 0.05) is 0 Å². The topological polar surface area (TPSA) is 104 Å². The summed E-state index contributed by atoms with van der Waals surface area (Å²) in [5, 5.41) is 11.0. The first-order valence-corrected chi connectivity index (χ1v) is 9.36. The first kappa shape index (κ1) is 20.1. The van der Waals surface area contributed by atoms with E-state index in [1.807, 2.05) is 30.3 Å². The number of carboxylic acid groups (broad SMARTS) is 1. The van der Waals surface area contributed by atoms with Gasteiger partial charge in [-0.2, -0.15) is 0 Å². The number of para-hydroxylation sites is 1. The maximum Gasteiger partial charge on any atom is 0.337 e. The Bertz CT molecular complexity index is 1030. The zero-order chi connectivity index (χ0) is 20.8. The van der Waals surface area contributed by atoms with Crippen molar-refractivity contribution in [1.82, 2.24) is 4.90 Å². The fourth-order valence-corrected chi connectivity index (χ4v) is 3.36. The van der Waals surface area contributed by atoms with E-state index in [0.717, 1.165) is 22.2 Å². The molecule has 0 saturated carbocycles. The molecule has 7 nitrogen and oxygen atoms in total. The van der Waals surface area contributed by atoms with Crippen LogP contribution in [0.4, 0.5) is 10.5 Å². The summed E-state index contributed by atoms with van der Waals surface area (Å²) in [7, 11) is 0. The molecule has 0 aromatic heterocycles. The zero-order valence-corrected chi connectivity index (χ0v) is 15.9. The highest BCUT2D eigenvalue weighted by molar-refractivity contribution is 8.18. The molecule has 1 saturated heterocycles. The molecule has 8 heteroatoms. The minimum atomic E-state index is -1.19. The van der Waals surface area contributed by atoms with E-state index in [0.29, 0.717) is 0 Å². The lowest BCUT2D eigenvalue weighted by atomic mass is 10.2. The fourth-order valence-electron chi connectivity index (χ4n) is 2.57. The van der Waals surface area contributed by atoms with Crippen LogP contribution in [0, 0.1) is 0 Å². The largest absolute Gasteiger partial charge is 0.478 e. The number of allylic oxidation sites excluding steroid dienone is 2. The Morgan fingerprint density at radius 3 is 2.45 bits per heavy atom. The van der Waals surface area contributed by atoms with E-state index in [4.69, 9.17) is 5.11 Å². The number of carbonyl (C=O) groups is 4. The van der Waals surface area contributed by atoms with E-state index >= 15 is 0 Å². The summed E-state index contributed by atoms with van der Waals surface area (Å²) < 4.78 is 0. The molecule has 1 fully saturated rings. The molecule has 2 N–H and O–H groups in total. The summed E-state index contributed by atoms with van der Waals surface area (Å²) >= 11 is 0.746. The van der Waals surface area contributed by atoms with Gasteiger partial charge in [-0.25, -0.2) is 4.79 Å². The molecule has 0 spiro atoms. The number of carboxylic acids is 1. The number of nitrogens with zero attached hydrogens (tertiary/aromatic N) is 1. The van der Waals surface area contributed by atoms with Gasteiger partial charge in [0.15, 0.2) is 0 Å². The molecule has 1 aliphatic heterocycles. The second-order valence-corrected chi connectivity index (χ2v) is 6.95. The van der Waals surface area contributed by atoms with Gasteiger partial charge in [-0.15, -0.1) is 0 Å². The van der Waals surface area contributed by atoms with Crippen molar-refractivity contribution in [2.75, 3.05) is 11.9 Å². The van der Waals surface area contributed by atoms with Crippen LogP contribution in [-0.4, -0.2) is 39.6 Å². The van der Waals surface area contributed by atoms with Crippen LogP contribution in [0.25, 0.3) is 6.08 Å². The second kappa shape index (κ2) is 9.03. The summed E-state index contributed by atoms with van der Waals surface area (Å²) in [5.74, 6) is -2.43. The summed E-state index contributed by atoms with van der Waals surface area (Å²) in [6.07, 6.45) is 4.98. The minimum absolute atomic E-state index is 0.0825. The highest BCUT2D eigenvalue weighted by Crippen LogP contribution is 2.30. The van der Waals surface area contributed by atoms with Gasteiger partial charge in [-0.05, 0) is 35.5 Å². The maximum absolute atomic E-state index is 12.4. The van der Waals surface area contributed by atoms with Crippen LogP contribution in [0.1, 0.15) is 15.9 Å². The highest BCUT2D eigenvalue weighted by atomic mass is 32.2. The minimum Gasteiger partial charge on any atom is -0.478 e. The molecule has 0 bridgehead atoms. The van der Waals surface area contributed by atoms with Gasteiger partial charge in [0.2, 0.25) is 5.91 Å². The summed E-state index contributed by atoms with van der Waals surface area (Å²) in [5.41, 5.74) is 0.957. The fraction of sp³-hybridized carbons (Fsp3) is 0.0476. The van der Waals surface area contributed by atoms with Crippen molar-refractivity contribution in [3.8, 4) is 0 Å². The van der Waals surface area contributed by atoms with E-state index in [1.165, 1.54) is 24.3 Å². The Hall–Kier alpha value is -3.65. The van der Waals surface area contributed by atoms with Crippen LogP contribution in [0.5, 0.6) is 0 Å². The Morgan fingerprint density at radius 1 is 1.03 bits per heavy atom. The number of imide groups is 1. The standard InChI is InChI=1S/C21H16N2O5S/c24-18(22-16-11-5-4-10-15(16)20(26)27)13-23-19(25)17(29-21(23)28)12-6-9-14-7-2-1-3-8-14/h1-12H,13H2,(H,22,24)(H,26,27). The number of hydrogen-bond acceptors (Lipinski definition) is 5. The van der Waals surface area contributed by atoms with Gasteiger partial charge >= 0.3 is 5.97 Å². The Kier molecular flexibility index (Phi) is 6.25. The lowest BCUT2D eigenvalue weighted by Gasteiger charge is -2.13. The van der Waals surface area contributed by atoms with Crippen molar-refractivity contribution in [2.45, 2.75) is 0 Å². The molecular weight excluding hydrogens is 392 g/mol. The lowest BCUT2D eigenvalue weighted by Crippen LogP contribution is -2.36. The number of hydrogen-bond donors (Lipinski definition) is 2. The average molecular weight is 408 g/mol. The number of aromatic carboxylic acids is 1. The van der Waals surface area contributed by atoms with Crippen LogP contribution in [-0.2, 0) is 9.59 Å². The molecule has 3 amide bonds. The third-order valence-electron chi connectivity index (χ3n) is 3.94.